The van der Waals surface area contributed by atoms with Crippen LogP contribution in [0, 0.1) is 12.7 Å². The Balaban J connectivity index is 1.56. The molecule has 1 atom stereocenters. The highest BCUT2D eigenvalue weighted by Gasteiger charge is 2.35. The van der Waals surface area contributed by atoms with Crippen molar-refractivity contribution in [3.63, 3.8) is 0 Å². The van der Waals surface area contributed by atoms with Crippen molar-refractivity contribution in [3.05, 3.63) is 131 Å². The van der Waals surface area contributed by atoms with Crippen molar-refractivity contribution in [2.75, 3.05) is 10.8 Å². The molecule has 7 nitrogen and oxygen atoms in total. The first-order valence-electron chi connectivity index (χ1n) is 15.3. The van der Waals surface area contributed by atoms with Crippen molar-refractivity contribution >= 4 is 39.1 Å². The maximum absolute atomic E-state index is 14.5. The van der Waals surface area contributed by atoms with Gasteiger partial charge in [0, 0.05) is 24.0 Å². The standard InChI is InChI=1S/C36H37ClFN3O4S/c1-26-14-18-32(19-15-26)41(46(44,45)33-20-16-30(38)17-21-33)25-35(42)40(24-28-10-7-11-29(37)22-28)34(23-27-8-3-2-4-9-27)36(43)39-31-12-5-6-13-31/h2-4,7-11,14-22,31,34H,5-6,12-13,23-25H2,1H3,(H,39,43). The Labute approximate surface area is 275 Å². The van der Waals surface area contributed by atoms with Crippen LogP contribution in [0.15, 0.2) is 108 Å². The van der Waals surface area contributed by atoms with Gasteiger partial charge in [-0.15, -0.1) is 0 Å². The number of carbonyl (C=O) groups is 2. The van der Waals surface area contributed by atoms with Gasteiger partial charge < -0.3 is 10.2 Å². The summed E-state index contributed by atoms with van der Waals surface area (Å²) in [6, 6.07) is 26.8. The summed E-state index contributed by atoms with van der Waals surface area (Å²) in [6.07, 6.45) is 3.99. The highest BCUT2D eigenvalue weighted by Crippen LogP contribution is 2.26. The maximum Gasteiger partial charge on any atom is 0.264 e. The second-order valence-electron chi connectivity index (χ2n) is 11.6. The molecule has 0 bridgehead atoms. The van der Waals surface area contributed by atoms with Gasteiger partial charge in [-0.25, -0.2) is 12.8 Å². The lowest BCUT2D eigenvalue weighted by atomic mass is 10.0. The van der Waals surface area contributed by atoms with Crippen LogP contribution in [0.2, 0.25) is 5.02 Å². The first kappa shape index (κ1) is 33.2. The van der Waals surface area contributed by atoms with Gasteiger partial charge in [0.1, 0.15) is 18.4 Å². The summed E-state index contributed by atoms with van der Waals surface area (Å²) in [5.74, 6) is -1.45. The Kier molecular flexibility index (Phi) is 10.8. The zero-order valence-electron chi connectivity index (χ0n) is 25.6. The smallest absolute Gasteiger partial charge is 0.264 e. The normalized spacial score (nSPS) is 14.1. The maximum atomic E-state index is 14.5. The third kappa shape index (κ3) is 8.33. The van der Waals surface area contributed by atoms with Gasteiger partial charge in [-0.05, 0) is 79.4 Å². The first-order valence-corrected chi connectivity index (χ1v) is 17.1. The van der Waals surface area contributed by atoms with Crippen molar-refractivity contribution in [2.24, 2.45) is 0 Å². The number of benzene rings is 4. The van der Waals surface area contributed by atoms with Crippen LogP contribution < -0.4 is 9.62 Å². The van der Waals surface area contributed by atoms with Gasteiger partial charge in [-0.3, -0.25) is 13.9 Å². The van der Waals surface area contributed by atoms with E-state index < -0.39 is 34.3 Å². The molecule has 1 aliphatic carbocycles. The number of hydrogen-bond acceptors (Lipinski definition) is 4. The molecule has 4 aromatic carbocycles. The number of anilines is 1. The quantitative estimate of drug-likeness (QED) is 0.184. The molecule has 0 saturated heterocycles. The number of rotatable bonds is 12. The molecule has 0 spiro atoms. The minimum atomic E-state index is -4.32. The van der Waals surface area contributed by atoms with E-state index >= 15 is 0 Å². The molecule has 46 heavy (non-hydrogen) atoms. The van der Waals surface area contributed by atoms with E-state index in [9.17, 15) is 22.4 Å². The van der Waals surface area contributed by atoms with Crippen molar-refractivity contribution in [1.29, 1.82) is 0 Å². The van der Waals surface area contributed by atoms with Crippen molar-refractivity contribution in [3.8, 4) is 0 Å². The predicted molar refractivity (Wildman–Crippen MR) is 178 cm³/mol. The van der Waals surface area contributed by atoms with Crippen molar-refractivity contribution in [2.45, 2.75) is 62.6 Å². The number of aryl methyl sites for hydroxylation is 1. The minimum absolute atomic E-state index is 0.0109. The largest absolute Gasteiger partial charge is 0.352 e. The van der Waals surface area contributed by atoms with E-state index in [1.54, 1.807) is 42.5 Å². The van der Waals surface area contributed by atoms with E-state index in [2.05, 4.69) is 5.32 Å². The van der Waals surface area contributed by atoms with E-state index in [1.165, 1.54) is 17.0 Å². The fraction of sp³-hybridized carbons (Fsp3) is 0.278. The molecule has 0 aromatic heterocycles. The van der Waals surface area contributed by atoms with E-state index in [1.807, 2.05) is 43.3 Å². The summed E-state index contributed by atoms with van der Waals surface area (Å²) in [5.41, 5.74) is 2.72. The first-order chi connectivity index (χ1) is 22.1. The fourth-order valence-electron chi connectivity index (χ4n) is 5.73. The predicted octanol–water partition coefficient (Wildman–Crippen LogP) is 6.68. The van der Waals surface area contributed by atoms with Crippen LogP contribution in [0.5, 0.6) is 0 Å². The second-order valence-corrected chi connectivity index (χ2v) is 13.9. The topological polar surface area (TPSA) is 86.8 Å². The fourth-order valence-corrected chi connectivity index (χ4v) is 7.35. The monoisotopic (exact) mass is 661 g/mol. The molecule has 0 aliphatic heterocycles. The van der Waals surface area contributed by atoms with Crippen LogP contribution in [0.3, 0.4) is 0 Å². The van der Waals surface area contributed by atoms with Crippen LogP contribution in [-0.4, -0.2) is 43.8 Å². The Morgan fingerprint density at radius 1 is 0.891 bits per heavy atom. The van der Waals surface area contributed by atoms with Gasteiger partial charge in [0.15, 0.2) is 0 Å². The molecule has 1 fully saturated rings. The third-order valence-electron chi connectivity index (χ3n) is 8.22. The SMILES string of the molecule is Cc1ccc(N(CC(=O)N(Cc2cccc(Cl)c2)C(Cc2ccccc2)C(=O)NC2CCCC2)S(=O)(=O)c2ccc(F)cc2)cc1. The highest BCUT2D eigenvalue weighted by atomic mass is 35.5. The van der Waals surface area contributed by atoms with Gasteiger partial charge in [-0.1, -0.05) is 84.6 Å². The van der Waals surface area contributed by atoms with Gasteiger partial charge in [-0.2, -0.15) is 0 Å². The number of nitrogens with one attached hydrogen (secondary N) is 1. The summed E-state index contributed by atoms with van der Waals surface area (Å²) in [5, 5.41) is 3.63. The van der Waals surface area contributed by atoms with Gasteiger partial charge in [0.05, 0.1) is 10.6 Å². The molecule has 10 heteroatoms. The van der Waals surface area contributed by atoms with Gasteiger partial charge >= 0.3 is 0 Å². The minimum Gasteiger partial charge on any atom is -0.352 e. The van der Waals surface area contributed by atoms with Crippen LogP contribution in [-0.2, 0) is 32.6 Å². The van der Waals surface area contributed by atoms with E-state index in [0.717, 1.165) is 53.2 Å². The number of sulfonamides is 1. The number of halogens is 2. The third-order valence-corrected chi connectivity index (χ3v) is 10.2. The second kappa shape index (κ2) is 14.9. The molecular weight excluding hydrogens is 625 g/mol. The molecule has 240 valence electrons. The van der Waals surface area contributed by atoms with Gasteiger partial charge in [0.2, 0.25) is 11.8 Å². The van der Waals surface area contributed by atoms with Crippen LogP contribution in [0.25, 0.3) is 0 Å². The zero-order chi connectivity index (χ0) is 32.7. The number of amides is 2. The lowest BCUT2D eigenvalue weighted by molar-refractivity contribution is -0.140. The molecule has 1 aliphatic rings. The van der Waals surface area contributed by atoms with E-state index in [4.69, 9.17) is 11.6 Å². The Morgan fingerprint density at radius 2 is 1.54 bits per heavy atom. The van der Waals surface area contributed by atoms with Gasteiger partial charge in [0.25, 0.3) is 10.0 Å². The molecule has 1 unspecified atom stereocenters. The Bertz CT molecular complexity index is 1750. The average molecular weight is 662 g/mol. The lowest BCUT2D eigenvalue weighted by Crippen LogP contribution is -2.54. The summed E-state index contributed by atoms with van der Waals surface area (Å²) in [7, 11) is -4.32. The number of nitrogens with zero attached hydrogens (tertiary/aromatic N) is 2. The molecule has 5 rings (SSSR count). The average Bonchev–Trinajstić information content (AvgIpc) is 3.55. The molecule has 4 aromatic rings. The summed E-state index contributed by atoms with van der Waals surface area (Å²) in [4.78, 5) is 29.9. The Hall–Kier alpha value is -4.21. The van der Waals surface area contributed by atoms with Crippen LogP contribution in [0.4, 0.5) is 10.1 Å². The molecule has 0 heterocycles. The molecular formula is C36H37ClFN3O4S. The molecule has 1 saturated carbocycles. The summed E-state index contributed by atoms with van der Waals surface area (Å²) in [6.45, 7) is 1.30. The molecule has 1 N–H and O–H groups in total. The van der Waals surface area contributed by atoms with E-state index in [-0.39, 0.29) is 35.5 Å². The van der Waals surface area contributed by atoms with Crippen molar-refractivity contribution < 1.29 is 22.4 Å². The van der Waals surface area contributed by atoms with Crippen molar-refractivity contribution in [1.82, 2.24) is 10.2 Å². The molecule has 0 radical (unpaired) electrons. The van der Waals surface area contributed by atoms with Crippen LogP contribution in [0.1, 0.15) is 42.4 Å². The van der Waals surface area contributed by atoms with E-state index in [0.29, 0.717) is 10.6 Å². The highest BCUT2D eigenvalue weighted by molar-refractivity contribution is 7.92. The Morgan fingerprint density at radius 3 is 2.20 bits per heavy atom. The molecule has 2 amide bonds. The van der Waals surface area contributed by atoms with Crippen LogP contribution >= 0.6 is 11.6 Å². The number of carbonyl (C=O) groups excluding carboxylic acids is 2. The zero-order valence-corrected chi connectivity index (χ0v) is 27.2. The summed E-state index contributed by atoms with van der Waals surface area (Å²) < 4.78 is 42.9. The summed E-state index contributed by atoms with van der Waals surface area (Å²) >= 11 is 6.31. The lowest BCUT2D eigenvalue weighted by Gasteiger charge is -2.34. The number of hydrogen-bond donors (Lipinski definition) is 1.